The van der Waals surface area contributed by atoms with E-state index in [0.29, 0.717) is 6.42 Å². The maximum absolute atomic E-state index is 13.2. The van der Waals surface area contributed by atoms with Gasteiger partial charge in [-0.1, -0.05) is 13.8 Å². The predicted octanol–water partition coefficient (Wildman–Crippen LogP) is 3.08. The van der Waals surface area contributed by atoms with Crippen molar-refractivity contribution in [3.8, 4) is 0 Å². The third-order valence-corrected chi connectivity index (χ3v) is 2.27. The summed E-state index contributed by atoms with van der Waals surface area (Å²) in [6, 6.07) is 0. The van der Waals surface area contributed by atoms with Crippen LogP contribution in [0, 0.1) is 13.8 Å². The lowest BCUT2D eigenvalue weighted by Gasteiger charge is -2.05. The van der Waals surface area contributed by atoms with E-state index in [2.05, 4.69) is 9.97 Å². The van der Waals surface area contributed by atoms with Gasteiger partial charge >= 0.3 is 0 Å². The van der Waals surface area contributed by atoms with E-state index in [-0.39, 0.29) is 0 Å². The largest absolute Gasteiger partial charge is 0.242 e. The second-order valence-corrected chi connectivity index (χ2v) is 3.22. The van der Waals surface area contributed by atoms with Gasteiger partial charge in [0.1, 0.15) is 12.0 Å². The average molecular weight is 196 g/mol. The van der Waals surface area contributed by atoms with Crippen LogP contribution in [0.1, 0.15) is 49.2 Å². The highest BCUT2D eigenvalue weighted by molar-refractivity contribution is 5.31. The summed E-state index contributed by atoms with van der Waals surface area (Å²) in [5.41, 5.74) is 2.45. The maximum Gasteiger partial charge on any atom is 0.129 e. The van der Waals surface area contributed by atoms with E-state index in [1.165, 1.54) is 0 Å². The summed E-state index contributed by atoms with van der Waals surface area (Å²) in [4.78, 5) is 8.36. The quantitative estimate of drug-likeness (QED) is 0.637. The van der Waals surface area contributed by atoms with E-state index >= 15 is 0 Å². The van der Waals surface area contributed by atoms with Gasteiger partial charge in [0.25, 0.3) is 0 Å². The van der Waals surface area contributed by atoms with Crippen LogP contribution in [0.15, 0.2) is 0 Å². The fourth-order valence-electron chi connectivity index (χ4n) is 1.80. The number of fused-ring (bicyclic) bond motifs is 1. The molecule has 1 aliphatic carbocycles. The molecule has 0 bridgehead atoms. The van der Waals surface area contributed by atoms with Crippen molar-refractivity contribution in [2.75, 3.05) is 0 Å². The first-order chi connectivity index (χ1) is 6.68. The van der Waals surface area contributed by atoms with Crippen molar-refractivity contribution in [1.82, 2.24) is 9.97 Å². The Labute approximate surface area is 84.6 Å². The zero-order valence-electron chi connectivity index (χ0n) is 9.26. The first-order valence-electron chi connectivity index (χ1n) is 5.16. The number of aryl methyl sites for hydroxylation is 3. The van der Waals surface area contributed by atoms with Gasteiger partial charge in [0.2, 0.25) is 0 Å². The van der Waals surface area contributed by atoms with E-state index in [1.807, 2.05) is 27.7 Å². The Kier molecular flexibility index (Phi) is 3.55. The zero-order chi connectivity index (χ0) is 10.7. The molecule has 1 aliphatic rings. The molecule has 0 fully saturated rings. The molecule has 1 atom stereocenters. The molecule has 0 aromatic carbocycles. The van der Waals surface area contributed by atoms with Gasteiger partial charge in [0.15, 0.2) is 0 Å². The first kappa shape index (κ1) is 11.1. The van der Waals surface area contributed by atoms with Gasteiger partial charge in [-0.3, -0.25) is 0 Å². The Bertz CT molecular complexity index is 323. The number of halogens is 1. The molecule has 2 rings (SSSR count). The normalized spacial score (nSPS) is 18.5. The van der Waals surface area contributed by atoms with Crippen LogP contribution in [0.5, 0.6) is 0 Å². The number of alkyl halides is 1. The molecule has 0 spiro atoms. The topological polar surface area (TPSA) is 25.8 Å². The lowest BCUT2D eigenvalue weighted by atomic mass is 10.2. The van der Waals surface area contributed by atoms with Crippen molar-refractivity contribution in [1.29, 1.82) is 0 Å². The highest BCUT2D eigenvalue weighted by Gasteiger charge is 2.25. The lowest BCUT2D eigenvalue weighted by Crippen LogP contribution is -2.00. The summed E-state index contributed by atoms with van der Waals surface area (Å²) in [5.74, 6) is 0.750. The van der Waals surface area contributed by atoms with Crippen molar-refractivity contribution >= 4 is 0 Å². The Morgan fingerprint density at radius 2 is 1.86 bits per heavy atom. The molecule has 78 valence electrons. The second kappa shape index (κ2) is 4.49. The summed E-state index contributed by atoms with van der Waals surface area (Å²) >= 11 is 0. The van der Waals surface area contributed by atoms with Gasteiger partial charge in [-0.2, -0.15) is 0 Å². The van der Waals surface area contributed by atoms with Crippen molar-refractivity contribution < 1.29 is 4.39 Å². The van der Waals surface area contributed by atoms with Crippen LogP contribution >= 0.6 is 0 Å². The highest BCUT2D eigenvalue weighted by atomic mass is 19.1. The SMILES string of the molecule is CC.Cc1nc(C)c2c(n1)CCC2F. The highest BCUT2D eigenvalue weighted by Crippen LogP contribution is 2.34. The molecule has 0 saturated heterocycles. The standard InChI is InChI=1S/C9H11FN2.C2H6/c1-5-9-7(10)3-4-8(9)12-6(2)11-5;1-2/h7H,3-4H2,1-2H3;1-2H3. The number of hydrogen-bond donors (Lipinski definition) is 0. The minimum atomic E-state index is -0.833. The molecule has 1 aromatic rings. The molecular weight excluding hydrogens is 179 g/mol. The van der Waals surface area contributed by atoms with Crippen molar-refractivity contribution in [2.45, 2.75) is 46.7 Å². The summed E-state index contributed by atoms with van der Waals surface area (Å²) in [7, 11) is 0. The maximum atomic E-state index is 13.2. The van der Waals surface area contributed by atoms with Gasteiger partial charge < -0.3 is 0 Å². The minimum Gasteiger partial charge on any atom is -0.242 e. The van der Waals surface area contributed by atoms with Crippen molar-refractivity contribution in [3.05, 3.63) is 22.8 Å². The number of aromatic nitrogens is 2. The molecule has 1 aromatic heterocycles. The van der Waals surface area contributed by atoms with Gasteiger partial charge in [-0.25, -0.2) is 14.4 Å². The summed E-state index contributed by atoms with van der Waals surface area (Å²) in [6.07, 6.45) is 0.509. The number of rotatable bonds is 0. The molecular formula is C11H17FN2. The van der Waals surface area contributed by atoms with Crippen molar-refractivity contribution in [2.24, 2.45) is 0 Å². The Morgan fingerprint density at radius 3 is 2.50 bits per heavy atom. The van der Waals surface area contributed by atoms with Crippen LogP contribution in [0.25, 0.3) is 0 Å². The van der Waals surface area contributed by atoms with Crippen LogP contribution in [-0.4, -0.2) is 9.97 Å². The summed E-state index contributed by atoms with van der Waals surface area (Å²) < 4.78 is 13.2. The Morgan fingerprint density at radius 1 is 1.21 bits per heavy atom. The van der Waals surface area contributed by atoms with Crippen LogP contribution in [0.3, 0.4) is 0 Å². The summed E-state index contributed by atoms with van der Waals surface area (Å²) in [6.45, 7) is 7.70. The smallest absolute Gasteiger partial charge is 0.129 e. The fraction of sp³-hybridized carbons (Fsp3) is 0.636. The van der Waals surface area contributed by atoms with E-state index in [4.69, 9.17) is 0 Å². The van der Waals surface area contributed by atoms with Gasteiger partial charge in [0, 0.05) is 11.3 Å². The molecule has 1 heterocycles. The van der Waals surface area contributed by atoms with Crippen LogP contribution in [-0.2, 0) is 6.42 Å². The molecule has 1 unspecified atom stereocenters. The minimum absolute atomic E-state index is 0.578. The summed E-state index contributed by atoms with van der Waals surface area (Å²) in [5, 5.41) is 0. The van der Waals surface area contributed by atoms with Gasteiger partial charge in [-0.05, 0) is 26.7 Å². The molecule has 0 amide bonds. The second-order valence-electron chi connectivity index (χ2n) is 3.22. The van der Waals surface area contributed by atoms with Crippen molar-refractivity contribution in [3.63, 3.8) is 0 Å². The van der Waals surface area contributed by atoms with E-state index in [1.54, 1.807) is 0 Å². The van der Waals surface area contributed by atoms with E-state index in [9.17, 15) is 4.39 Å². The molecule has 0 N–H and O–H groups in total. The predicted molar refractivity (Wildman–Crippen MR) is 55.0 cm³/mol. The fourth-order valence-corrected chi connectivity index (χ4v) is 1.80. The lowest BCUT2D eigenvalue weighted by molar-refractivity contribution is 0.342. The third kappa shape index (κ3) is 1.91. The molecule has 2 nitrogen and oxygen atoms in total. The number of hydrogen-bond acceptors (Lipinski definition) is 2. The number of nitrogens with zero attached hydrogens (tertiary/aromatic N) is 2. The van der Waals surface area contributed by atoms with Gasteiger partial charge in [-0.15, -0.1) is 0 Å². The molecule has 3 heteroatoms. The molecule has 14 heavy (non-hydrogen) atoms. The van der Waals surface area contributed by atoms with Crippen LogP contribution < -0.4 is 0 Å². The van der Waals surface area contributed by atoms with E-state index < -0.39 is 6.17 Å². The Balaban J connectivity index is 0.000000461. The molecule has 0 radical (unpaired) electrons. The van der Waals surface area contributed by atoms with Gasteiger partial charge in [0.05, 0.1) is 5.69 Å². The first-order valence-corrected chi connectivity index (χ1v) is 5.16. The van der Waals surface area contributed by atoms with Crippen LogP contribution in [0.2, 0.25) is 0 Å². The zero-order valence-corrected chi connectivity index (χ0v) is 9.26. The monoisotopic (exact) mass is 196 g/mol. The van der Waals surface area contributed by atoms with Crippen LogP contribution in [0.4, 0.5) is 4.39 Å². The van der Waals surface area contributed by atoms with E-state index in [0.717, 1.165) is 29.2 Å². The Hall–Kier alpha value is -0.990. The molecule has 0 saturated carbocycles. The third-order valence-electron chi connectivity index (χ3n) is 2.27. The molecule has 0 aliphatic heterocycles. The average Bonchev–Trinajstić information content (AvgIpc) is 2.51.